The van der Waals surface area contributed by atoms with E-state index >= 15 is 0 Å². The van der Waals surface area contributed by atoms with Crippen molar-refractivity contribution in [2.45, 2.75) is 12.6 Å². The monoisotopic (exact) mass is 401 g/mol. The summed E-state index contributed by atoms with van der Waals surface area (Å²) in [5.41, 5.74) is 3.76. The van der Waals surface area contributed by atoms with Crippen LogP contribution in [0.15, 0.2) is 53.0 Å². The van der Waals surface area contributed by atoms with Crippen molar-refractivity contribution in [1.82, 2.24) is 9.88 Å². The summed E-state index contributed by atoms with van der Waals surface area (Å²) in [5.74, 6) is 3.80. The summed E-state index contributed by atoms with van der Waals surface area (Å²) in [4.78, 5) is 11.9. The van der Waals surface area contributed by atoms with E-state index < -0.39 is 0 Å². The van der Waals surface area contributed by atoms with E-state index in [9.17, 15) is 0 Å². The molecule has 0 amide bonds. The maximum Gasteiger partial charge on any atom is 0.231 e. The van der Waals surface area contributed by atoms with Gasteiger partial charge >= 0.3 is 0 Å². The maximum atomic E-state index is 5.58. The highest BCUT2D eigenvalue weighted by atomic mass is 32.1. The van der Waals surface area contributed by atoms with Gasteiger partial charge in [0.1, 0.15) is 5.01 Å². The normalized spacial score (nSPS) is 26.9. The number of fused-ring (bicyclic) bond motifs is 4. The van der Waals surface area contributed by atoms with E-state index in [-0.39, 0.29) is 0 Å². The molecule has 2 fully saturated rings. The second kappa shape index (κ2) is 5.60. The summed E-state index contributed by atoms with van der Waals surface area (Å²) in [6.07, 6.45) is 1.89. The van der Waals surface area contributed by atoms with Gasteiger partial charge in [0.05, 0.1) is 17.9 Å². The van der Waals surface area contributed by atoms with Crippen LogP contribution in [0, 0.1) is 17.8 Å². The standard InChI is InChI=1S/C23H19N3O2S/c1-26(10-18-24-6-7-29-18)23-14-8-12(13-3-5-16-17(9-13)28-11-27-16)2-4-15(14)25-22-19-20(22)21(19)23/h2-9,19-22H,10-11H2,1H3. The minimum atomic E-state index is 0.299. The molecule has 0 saturated heterocycles. The maximum absolute atomic E-state index is 5.58. The van der Waals surface area contributed by atoms with Gasteiger partial charge in [-0.25, -0.2) is 4.98 Å². The van der Waals surface area contributed by atoms with Crippen LogP contribution in [0.5, 0.6) is 11.5 Å². The Kier molecular flexibility index (Phi) is 3.09. The Balaban J connectivity index is 1.37. The van der Waals surface area contributed by atoms with Crippen molar-refractivity contribution in [3.8, 4) is 22.6 Å². The first-order valence-corrected chi connectivity index (χ1v) is 10.9. The quantitative estimate of drug-likeness (QED) is 0.674. The molecular weight excluding hydrogens is 382 g/mol. The van der Waals surface area contributed by atoms with Crippen molar-refractivity contribution in [2.75, 3.05) is 13.8 Å². The van der Waals surface area contributed by atoms with Crippen molar-refractivity contribution >= 4 is 17.0 Å². The molecule has 144 valence electrons. The molecule has 7 rings (SSSR count). The topological polar surface area (TPSA) is 47.0 Å². The van der Waals surface area contributed by atoms with Crippen LogP contribution in [0.3, 0.4) is 0 Å². The van der Waals surface area contributed by atoms with Gasteiger partial charge in [-0.1, -0.05) is 12.1 Å². The Morgan fingerprint density at radius 1 is 1.07 bits per heavy atom. The highest BCUT2D eigenvalue weighted by molar-refractivity contribution is 7.09. The van der Waals surface area contributed by atoms with E-state index in [1.165, 1.54) is 16.5 Å². The molecule has 29 heavy (non-hydrogen) atoms. The van der Waals surface area contributed by atoms with Gasteiger partial charge in [0.15, 0.2) is 11.5 Å². The molecule has 0 bridgehead atoms. The largest absolute Gasteiger partial charge is 0.454 e. The fourth-order valence-corrected chi connectivity index (χ4v) is 5.71. The van der Waals surface area contributed by atoms with Gasteiger partial charge in [0.25, 0.3) is 0 Å². The molecule has 2 aliphatic heterocycles. The number of nitrogens with zero attached hydrogens (tertiary/aromatic N) is 3. The second-order valence-electron chi connectivity index (χ2n) is 8.27. The summed E-state index contributed by atoms with van der Waals surface area (Å²) in [7, 11) is 2.20. The number of hydrogen-bond acceptors (Lipinski definition) is 6. The highest BCUT2D eigenvalue weighted by Gasteiger charge is 2.75. The molecule has 3 aromatic rings. The molecule has 3 heterocycles. The predicted molar refractivity (Wildman–Crippen MR) is 110 cm³/mol. The first kappa shape index (κ1) is 16.0. The molecule has 2 saturated carbocycles. The Bertz CT molecular complexity index is 1260. The molecule has 2 aliphatic carbocycles. The van der Waals surface area contributed by atoms with E-state index in [0.717, 1.165) is 45.8 Å². The molecule has 6 heteroatoms. The lowest BCUT2D eigenvalue weighted by atomic mass is 10.0. The van der Waals surface area contributed by atoms with Crippen molar-refractivity contribution in [1.29, 1.82) is 0 Å². The lowest BCUT2D eigenvalue weighted by Gasteiger charge is -2.24. The third-order valence-electron chi connectivity index (χ3n) is 6.63. The zero-order valence-corrected chi connectivity index (χ0v) is 16.7. The smallest absolute Gasteiger partial charge is 0.231 e. The molecule has 2 unspecified atom stereocenters. The predicted octanol–water partition coefficient (Wildman–Crippen LogP) is 2.66. The molecule has 2 aromatic carbocycles. The van der Waals surface area contributed by atoms with E-state index in [1.54, 1.807) is 11.3 Å². The number of benzene rings is 2. The summed E-state index contributed by atoms with van der Waals surface area (Å²) in [6, 6.07) is 13.4. The van der Waals surface area contributed by atoms with Crippen LogP contribution in [0.25, 0.3) is 16.8 Å². The summed E-state index contributed by atoms with van der Waals surface area (Å²) in [6.45, 7) is 1.15. The number of ether oxygens (including phenoxy) is 2. The SMILES string of the molecule is CN(Cc1nccs1)C1=c2cc(-c3ccc4c(c3)OCO4)ccc2=NC2C3C1C23. The number of hydrogen-bond donors (Lipinski definition) is 0. The third kappa shape index (κ3) is 2.32. The summed E-state index contributed by atoms with van der Waals surface area (Å²) < 4.78 is 11.0. The van der Waals surface area contributed by atoms with Gasteiger partial charge in [0.2, 0.25) is 6.79 Å². The highest BCUT2D eigenvalue weighted by Crippen LogP contribution is 2.73. The van der Waals surface area contributed by atoms with Crippen LogP contribution >= 0.6 is 11.3 Å². The van der Waals surface area contributed by atoms with Gasteiger partial charge in [-0.2, -0.15) is 0 Å². The molecule has 0 spiro atoms. The molecule has 2 atom stereocenters. The molecular formula is C23H19N3O2S. The molecule has 0 N–H and O–H groups in total. The fraction of sp³-hybridized carbons (Fsp3) is 0.304. The van der Waals surface area contributed by atoms with Crippen molar-refractivity contribution < 1.29 is 9.47 Å². The van der Waals surface area contributed by atoms with Gasteiger partial charge in [0, 0.05) is 35.5 Å². The first-order valence-electron chi connectivity index (χ1n) is 9.99. The second-order valence-corrected chi connectivity index (χ2v) is 9.25. The Labute approximate surface area is 171 Å². The van der Waals surface area contributed by atoms with Crippen LogP contribution in [-0.4, -0.2) is 29.8 Å². The average molecular weight is 401 g/mol. The van der Waals surface area contributed by atoms with Crippen LogP contribution in [0.1, 0.15) is 5.01 Å². The van der Waals surface area contributed by atoms with E-state index in [0.29, 0.717) is 18.8 Å². The van der Waals surface area contributed by atoms with Gasteiger partial charge < -0.3 is 14.4 Å². The zero-order chi connectivity index (χ0) is 19.1. The first-order chi connectivity index (χ1) is 14.3. The summed E-state index contributed by atoms with van der Waals surface area (Å²) in [5, 5.41) is 5.61. The molecule has 1 aromatic heterocycles. The van der Waals surface area contributed by atoms with E-state index in [1.807, 2.05) is 17.6 Å². The van der Waals surface area contributed by atoms with E-state index in [2.05, 4.69) is 47.3 Å². The van der Waals surface area contributed by atoms with Gasteiger partial charge in [-0.3, -0.25) is 4.99 Å². The number of rotatable bonds is 4. The lowest BCUT2D eigenvalue weighted by molar-refractivity contribution is 0.174. The minimum absolute atomic E-state index is 0.299. The van der Waals surface area contributed by atoms with Crippen molar-refractivity contribution in [3.63, 3.8) is 0 Å². The van der Waals surface area contributed by atoms with Crippen LogP contribution in [0.4, 0.5) is 0 Å². The van der Waals surface area contributed by atoms with Crippen molar-refractivity contribution in [3.05, 3.63) is 63.6 Å². The van der Waals surface area contributed by atoms with Crippen LogP contribution in [-0.2, 0) is 6.54 Å². The van der Waals surface area contributed by atoms with Gasteiger partial charge in [-0.05, 0) is 47.2 Å². The molecule has 4 aliphatic rings. The Morgan fingerprint density at radius 3 is 2.76 bits per heavy atom. The summed E-state index contributed by atoms with van der Waals surface area (Å²) >= 11 is 1.72. The lowest BCUT2D eigenvalue weighted by Crippen LogP contribution is -2.33. The minimum Gasteiger partial charge on any atom is -0.454 e. The van der Waals surface area contributed by atoms with E-state index in [4.69, 9.17) is 14.5 Å². The number of thiazole rings is 1. The Morgan fingerprint density at radius 2 is 1.90 bits per heavy atom. The fourth-order valence-electron chi connectivity index (χ4n) is 5.05. The third-order valence-corrected chi connectivity index (χ3v) is 7.39. The van der Waals surface area contributed by atoms with Crippen LogP contribution in [0.2, 0.25) is 0 Å². The van der Waals surface area contributed by atoms with Crippen molar-refractivity contribution in [2.24, 2.45) is 22.7 Å². The number of aromatic nitrogens is 1. The average Bonchev–Trinajstić information content (AvgIpc) is 3.49. The molecule has 5 nitrogen and oxygen atoms in total. The zero-order valence-electron chi connectivity index (χ0n) is 15.9. The van der Waals surface area contributed by atoms with Gasteiger partial charge in [-0.15, -0.1) is 11.3 Å². The van der Waals surface area contributed by atoms with Crippen LogP contribution < -0.4 is 20.0 Å². The Hall–Kier alpha value is -2.86. The molecule has 0 radical (unpaired) electrons.